The molecule has 1 atom stereocenters. The number of likely N-dealkylation sites (tertiary alicyclic amines) is 1. The molecule has 5 heteroatoms. The molecule has 0 radical (unpaired) electrons. The van der Waals surface area contributed by atoms with Crippen molar-refractivity contribution < 1.29 is 9.59 Å². The van der Waals surface area contributed by atoms with Crippen LogP contribution < -0.4 is 0 Å². The summed E-state index contributed by atoms with van der Waals surface area (Å²) in [4.78, 5) is 27.9. The van der Waals surface area contributed by atoms with Crippen molar-refractivity contribution in [1.29, 1.82) is 5.26 Å². The molecule has 2 aliphatic rings. The van der Waals surface area contributed by atoms with Gasteiger partial charge >= 0.3 is 0 Å². The third-order valence-electron chi connectivity index (χ3n) is 3.87. The molecular formula is C14H21N3O2. The number of nitrogens with zero attached hydrogens (tertiary/aromatic N) is 3. The largest absolute Gasteiger partial charge is 0.339 e. The van der Waals surface area contributed by atoms with Crippen molar-refractivity contribution >= 4 is 11.8 Å². The highest BCUT2D eigenvalue weighted by Gasteiger charge is 2.41. The molecule has 1 saturated carbocycles. The highest BCUT2D eigenvalue weighted by molar-refractivity contribution is 5.89. The van der Waals surface area contributed by atoms with Crippen molar-refractivity contribution in [2.75, 3.05) is 13.1 Å². The van der Waals surface area contributed by atoms with Gasteiger partial charge in [-0.1, -0.05) is 0 Å². The van der Waals surface area contributed by atoms with Gasteiger partial charge in [-0.15, -0.1) is 0 Å². The van der Waals surface area contributed by atoms with E-state index in [1.165, 1.54) is 0 Å². The van der Waals surface area contributed by atoms with Crippen LogP contribution in [0.25, 0.3) is 0 Å². The Labute approximate surface area is 114 Å². The molecule has 2 amide bonds. The van der Waals surface area contributed by atoms with E-state index in [-0.39, 0.29) is 23.8 Å². The van der Waals surface area contributed by atoms with E-state index in [4.69, 9.17) is 5.26 Å². The molecule has 0 spiro atoms. The average Bonchev–Trinajstić information content (AvgIpc) is 3.11. The number of carbonyl (C=O) groups is 2. The SMILES string of the molecule is CC(C)N1C[C@H](C(=O)N(CCC#N)C2CC2)CC1=O. The monoisotopic (exact) mass is 263 g/mol. The Kier molecular flexibility index (Phi) is 4.08. The van der Waals surface area contributed by atoms with E-state index < -0.39 is 0 Å². The first-order valence-corrected chi connectivity index (χ1v) is 7.01. The smallest absolute Gasteiger partial charge is 0.228 e. The van der Waals surface area contributed by atoms with E-state index in [1.54, 1.807) is 4.90 Å². The lowest BCUT2D eigenvalue weighted by Crippen LogP contribution is -2.40. The van der Waals surface area contributed by atoms with E-state index in [2.05, 4.69) is 6.07 Å². The Balaban J connectivity index is 1.99. The normalized spacial score (nSPS) is 22.7. The van der Waals surface area contributed by atoms with Gasteiger partial charge in [0, 0.05) is 31.6 Å². The fourth-order valence-electron chi connectivity index (χ4n) is 2.66. The third-order valence-corrected chi connectivity index (χ3v) is 3.87. The van der Waals surface area contributed by atoms with Gasteiger partial charge in [0.15, 0.2) is 0 Å². The van der Waals surface area contributed by atoms with Gasteiger partial charge in [0.05, 0.1) is 18.4 Å². The molecule has 5 nitrogen and oxygen atoms in total. The summed E-state index contributed by atoms with van der Waals surface area (Å²) < 4.78 is 0. The number of carbonyl (C=O) groups excluding carboxylic acids is 2. The predicted octanol–water partition coefficient (Wildman–Crippen LogP) is 1.15. The van der Waals surface area contributed by atoms with Crippen LogP contribution in [0.15, 0.2) is 0 Å². The summed E-state index contributed by atoms with van der Waals surface area (Å²) in [6, 6.07) is 2.55. The lowest BCUT2D eigenvalue weighted by molar-refractivity contribution is -0.136. The van der Waals surface area contributed by atoms with Crippen molar-refractivity contribution in [3.05, 3.63) is 0 Å². The molecular weight excluding hydrogens is 242 g/mol. The van der Waals surface area contributed by atoms with Crippen molar-refractivity contribution in [3.63, 3.8) is 0 Å². The molecule has 1 heterocycles. The van der Waals surface area contributed by atoms with Crippen molar-refractivity contribution in [1.82, 2.24) is 9.80 Å². The van der Waals surface area contributed by atoms with Gasteiger partial charge in [-0.25, -0.2) is 0 Å². The second-order valence-electron chi connectivity index (χ2n) is 5.71. The van der Waals surface area contributed by atoms with Crippen molar-refractivity contribution in [2.45, 2.75) is 51.6 Å². The molecule has 19 heavy (non-hydrogen) atoms. The minimum Gasteiger partial charge on any atom is -0.339 e. The number of hydrogen-bond donors (Lipinski definition) is 0. The van der Waals surface area contributed by atoms with Gasteiger partial charge < -0.3 is 9.80 Å². The maximum absolute atomic E-state index is 12.5. The Hall–Kier alpha value is -1.57. The van der Waals surface area contributed by atoms with E-state index in [0.29, 0.717) is 32.0 Å². The van der Waals surface area contributed by atoms with Crippen molar-refractivity contribution in [3.8, 4) is 6.07 Å². The summed E-state index contributed by atoms with van der Waals surface area (Å²) in [6.45, 7) is 4.98. The van der Waals surface area contributed by atoms with Crippen molar-refractivity contribution in [2.24, 2.45) is 5.92 Å². The van der Waals surface area contributed by atoms with Crippen LogP contribution in [0.1, 0.15) is 39.5 Å². The van der Waals surface area contributed by atoms with Crippen LogP contribution in [-0.2, 0) is 9.59 Å². The standard InChI is InChI=1S/C14H21N3O2/c1-10(2)17-9-11(8-13(17)18)14(19)16(7-3-6-15)12-4-5-12/h10-12H,3-5,7-9H2,1-2H3/t11-/m1/s1. The maximum atomic E-state index is 12.5. The fourth-order valence-corrected chi connectivity index (χ4v) is 2.66. The highest BCUT2D eigenvalue weighted by atomic mass is 16.2. The highest BCUT2D eigenvalue weighted by Crippen LogP contribution is 2.30. The summed E-state index contributed by atoms with van der Waals surface area (Å²) >= 11 is 0. The summed E-state index contributed by atoms with van der Waals surface area (Å²) in [7, 11) is 0. The number of hydrogen-bond acceptors (Lipinski definition) is 3. The van der Waals surface area contributed by atoms with Gasteiger partial charge in [0.25, 0.3) is 0 Å². The molecule has 0 bridgehead atoms. The minimum atomic E-state index is -0.214. The van der Waals surface area contributed by atoms with Crippen LogP contribution in [0.3, 0.4) is 0 Å². The first kappa shape index (κ1) is 13.9. The predicted molar refractivity (Wildman–Crippen MR) is 69.9 cm³/mol. The molecule has 0 unspecified atom stereocenters. The van der Waals surface area contributed by atoms with E-state index in [0.717, 1.165) is 12.8 Å². The maximum Gasteiger partial charge on any atom is 0.228 e. The molecule has 2 rings (SSSR count). The van der Waals surface area contributed by atoms with Crippen LogP contribution in [-0.4, -0.2) is 46.8 Å². The van der Waals surface area contributed by atoms with E-state index in [9.17, 15) is 9.59 Å². The molecule has 1 saturated heterocycles. The molecule has 1 aliphatic heterocycles. The lowest BCUT2D eigenvalue weighted by atomic mass is 10.1. The molecule has 104 valence electrons. The second kappa shape index (κ2) is 5.60. The molecule has 1 aliphatic carbocycles. The first-order valence-electron chi connectivity index (χ1n) is 7.01. The van der Waals surface area contributed by atoms with Crippen LogP contribution in [0.5, 0.6) is 0 Å². The van der Waals surface area contributed by atoms with Crippen LogP contribution >= 0.6 is 0 Å². The van der Waals surface area contributed by atoms with E-state index >= 15 is 0 Å². The van der Waals surface area contributed by atoms with Crippen LogP contribution in [0.4, 0.5) is 0 Å². The Bertz CT molecular complexity index is 409. The van der Waals surface area contributed by atoms with Gasteiger partial charge in [0.2, 0.25) is 11.8 Å². The fraction of sp³-hybridized carbons (Fsp3) is 0.786. The molecule has 0 aromatic heterocycles. The summed E-state index contributed by atoms with van der Waals surface area (Å²) in [6.07, 6.45) is 2.76. The summed E-state index contributed by atoms with van der Waals surface area (Å²) in [5.74, 6) is -0.0761. The molecule has 0 aromatic carbocycles. The first-order chi connectivity index (χ1) is 9.04. The van der Waals surface area contributed by atoms with Crippen LogP contribution in [0, 0.1) is 17.2 Å². The van der Waals surface area contributed by atoms with Crippen LogP contribution in [0.2, 0.25) is 0 Å². The molecule has 2 fully saturated rings. The quantitative estimate of drug-likeness (QED) is 0.747. The van der Waals surface area contributed by atoms with E-state index in [1.807, 2.05) is 18.7 Å². The topological polar surface area (TPSA) is 64.4 Å². The third kappa shape index (κ3) is 3.06. The Morgan fingerprint density at radius 2 is 2.21 bits per heavy atom. The zero-order valence-corrected chi connectivity index (χ0v) is 11.6. The Morgan fingerprint density at radius 1 is 1.53 bits per heavy atom. The zero-order chi connectivity index (χ0) is 14.0. The lowest BCUT2D eigenvalue weighted by Gasteiger charge is -2.25. The molecule has 0 aromatic rings. The zero-order valence-electron chi connectivity index (χ0n) is 11.6. The number of rotatable bonds is 5. The Morgan fingerprint density at radius 3 is 2.68 bits per heavy atom. The average molecular weight is 263 g/mol. The minimum absolute atomic E-state index is 0.0641. The van der Waals surface area contributed by atoms with Gasteiger partial charge in [-0.3, -0.25) is 9.59 Å². The number of nitriles is 1. The van der Waals surface area contributed by atoms with Gasteiger partial charge in [0.1, 0.15) is 0 Å². The van der Waals surface area contributed by atoms with Gasteiger partial charge in [-0.05, 0) is 26.7 Å². The second-order valence-corrected chi connectivity index (χ2v) is 5.71. The van der Waals surface area contributed by atoms with Gasteiger partial charge in [-0.2, -0.15) is 5.26 Å². The molecule has 0 N–H and O–H groups in total. The summed E-state index contributed by atoms with van der Waals surface area (Å²) in [5, 5.41) is 8.67. The summed E-state index contributed by atoms with van der Waals surface area (Å²) in [5.41, 5.74) is 0. The number of amides is 2.